The maximum absolute atomic E-state index is 9.70. The van der Waals surface area contributed by atoms with E-state index in [-0.39, 0.29) is 0 Å². The summed E-state index contributed by atoms with van der Waals surface area (Å²) >= 11 is 0. The fourth-order valence-corrected chi connectivity index (χ4v) is 1.54. The molecule has 0 amide bonds. The van der Waals surface area contributed by atoms with Crippen LogP contribution in [0.4, 0.5) is 0 Å². The zero-order chi connectivity index (χ0) is 9.41. The second-order valence-corrected chi connectivity index (χ2v) is 4.85. The van der Waals surface area contributed by atoms with E-state index in [0.717, 1.165) is 12.8 Å². The van der Waals surface area contributed by atoms with Crippen LogP contribution in [0.5, 0.6) is 0 Å². The summed E-state index contributed by atoms with van der Waals surface area (Å²) in [6, 6.07) is 0. The van der Waals surface area contributed by atoms with Crippen LogP contribution in [0.2, 0.25) is 0 Å². The standard InChI is InChI=1S/C11H20O/c1-9(2)10(3)5-7-11(4,12)8-6-10/h5,7,9,12H,6,8H2,1-4H3/t10-,11+/m1/s1. The Morgan fingerprint density at radius 1 is 1.17 bits per heavy atom. The third-order valence-electron chi connectivity index (χ3n) is 3.31. The van der Waals surface area contributed by atoms with Crippen molar-refractivity contribution in [2.45, 2.75) is 46.1 Å². The molecule has 1 aliphatic carbocycles. The largest absolute Gasteiger partial charge is 0.386 e. The number of aliphatic hydroxyl groups is 1. The van der Waals surface area contributed by atoms with Gasteiger partial charge in [-0.3, -0.25) is 0 Å². The molecule has 0 aliphatic heterocycles. The average Bonchev–Trinajstić information content (AvgIpc) is 1.96. The third-order valence-corrected chi connectivity index (χ3v) is 3.31. The van der Waals surface area contributed by atoms with E-state index < -0.39 is 5.60 Å². The molecule has 1 heteroatoms. The van der Waals surface area contributed by atoms with Crippen LogP contribution in [0.3, 0.4) is 0 Å². The van der Waals surface area contributed by atoms with Crippen LogP contribution >= 0.6 is 0 Å². The minimum Gasteiger partial charge on any atom is -0.386 e. The van der Waals surface area contributed by atoms with E-state index >= 15 is 0 Å². The molecule has 1 aliphatic rings. The van der Waals surface area contributed by atoms with Crippen molar-refractivity contribution in [3.05, 3.63) is 12.2 Å². The quantitative estimate of drug-likeness (QED) is 0.597. The molecule has 0 heterocycles. The van der Waals surface area contributed by atoms with Gasteiger partial charge in [-0.25, -0.2) is 0 Å². The lowest BCUT2D eigenvalue weighted by atomic mass is 9.69. The predicted octanol–water partition coefficient (Wildman–Crippen LogP) is 2.75. The van der Waals surface area contributed by atoms with Crippen molar-refractivity contribution in [3.63, 3.8) is 0 Å². The van der Waals surface area contributed by atoms with Gasteiger partial charge in [-0.2, -0.15) is 0 Å². The van der Waals surface area contributed by atoms with Crippen molar-refractivity contribution in [1.82, 2.24) is 0 Å². The van der Waals surface area contributed by atoms with E-state index in [0.29, 0.717) is 11.3 Å². The average molecular weight is 168 g/mol. The smallest absolute Gasteiger partial charge is 0.0800 e. The molecule has 0 unspecified atom stereocenters. The third kappa shape index (κ3) is 1.89. The number of rotatable bonds is 1. The molecule has 12 heavy (non-hydrogen) atoms. The van der Waals surface area contributed by atoms with Crippen LogP contribution in [0.25, 0.3) is 0 Å². The van der Waals surface area contributed by atoms with Crippen molar-refractivity contribution >= 4 is 0 Å². The van der Waals surface area contributed by atoms with E-state index in [1.807, 2.05) is 13.0 Å². The fourth-order valence-electron chi connectivity index (χ4n) is 1.54. The van der Waals surface area contributed by atoms with Crippen molar-refractivity contribution in [2.24, 2.45) is 11.3 Å². The number of allylic oxidation sites excluding steroid dienone is 1. The lowest BCUT2D eigenvalue weighted by molar-refractivity contribution is 0.0678. The molecule has 0 aromatic rings. The summed E-state index contributed by atoms with van der Waals surface area (Å²) in [5, 5.41) is 9.70. The number of hydrogen-bond acceptors (Lipinski definition) is 1. The van der Waals surface area contributed by atoms with Gasteiger partial charge in [0, 0.05) is 0 Å². The minimum absolute atomic E-state index is 0.294. The zero-order valence-corrected chi connectivity index (χ0v) is 8.59. The van der Waals surface area contributed by atoms with Gasteiger partial charge in [0.25, 0.3) is 0 Å². The van der Waals surface area contributed by atoms with Gasteiger partial charge in [0.15, 0.2) is 0 Å². The van der Waals surface area contributed by atoms with E-state index in [4.69, 9.17) is 0 Å². The van der Waals surface area contributed by atoms with Crippen LogP contribution in [0.15, 0.2) is 12.2 Å². The zero-order valence-electron chi connectivity index (χ0n) is 8.59. The highest BCUT2D eigenvalue weighted by molar-refractivity contribution is 5.11. The summed E-state index contributed by atoms with van der Waals surface area (Å²) in [7, 11) is 0. The van der Waals surface area contributed by atoms with Gasteiger partial charge in [-0.05, 0) is 31.1 Å². The fraction of sp³-hybridized carbons (Fsp3) is 0.818. The summed E-state index contributed by atoms with van der Waals surface area (Å²) in [6.07, 6.45) is 6.12. The molecule has 1 N–H and O–H groups in total. The van der Waals surface area contributed by atoms with E-state index in [1.165, 1.54) is 0 Å². The molecule has 0 aromatic carbocycles. The Hall–Kier alpha value is -0.300. The minimum atomic E-state index is -0.561. The summed E-state index contributed by atoms with van der Waals surface area (Å²) in [6.45, 7) is 8.63. The van der Waals surface area contributed by atoms with Gasteiger partial charge in [0.2, 0.25) is 0 Å². The molecular formula is C11H20O. The second-order valence-electron chi connectivity index (χ2n) is 4.85. The topological polar surface area (TPSA) is 20.2 Å². The Bertz CT molecular complexity index is 191. The first-order valence-electron chi connectivity index (χ1n) is 4.78. The van der Waals surface area contributed by atoms with Crippen LogP contribution in [0, 0.1) is 11.3 Å². The van der Waals surface area contributed by atoms with Crippen molar-refractivity contribution in [3.8, 4) is 0 Å². The SMILES string of the molecule is CC(C)[C@]1(C)C=C[C@](C)(O)CC1. The first kappa shape index (κ1) is 9.79. The second kappa shape index (κ2) is 2.88. The maximum Gasteiger partial charge on any atom is 0.0800 e. The Labute approximate surface area is 75.5 Å². The molecule has 2 atom stereocenters. The van der Waals surface area contributed by atoms with Gasteiger partial charge in [0.1, 0.15) is 0 Å². The van der Waals surface area contributed by atoms with E-state index in [2.05, 4.69) is 26.8 Å². The highest BCUT2D eigenvalue weighted by Gasteiger charge is 2.33. The molecule has 0 bridgehead atoms. The molecule has 0 spiro atoms. The molecule has 0 saturated heterocycles. The maximum atomic E-state index is 9.70. The van der Waals surface area contributed by atoms with Gasteiger partial charge >= 0.3 is 0 Å². The highest BCUT2D eigenvalue weighted by atomic mass is 16.3. The Balaban J connectivity index is 2.77. The lowest BCUT2D eigenvalue weighted by Crippen LogP contribution is -2.33. The molecule has 0 fully saturated rings. The first-order chi connectivity index (χ1) is 5.36. The first-order valence-corrected chi connectivity index (χ1v) is 4.78. The summed E-state index contributed by atoms with van der Waals surface area (Å²) in [5.74, 6) is 0.657. The molecule has 1 nitrogen and oxygen atoms in total. The van der Waals surface area contributed by atoms with Crippen molar-refractivity contribution < 1.29 is 5.11 Å². The monoisotopic (exact) mass is 168 g/mol. The van der Waals surface area contributed by atoms with Gasteiger partial charge in [0.05, 0.1) is 5.60 Å². The van der Waals surface area contributed by atoms with Crippen LogP contribution in [-0.4, -0.2) is 10.7 Å². The lowest BCUT2D eigenvalue weighted by Gasteiger charge is -2.38. The van der Waals surface area contributed by atoms with Crippen molar-refractivity contribution in [2.75, 3.05) is 0 Å². The van der Waals surface area contributed by atoms with Gasteiger partial charge in [-0.1, -0.05) is 32.9 Å². The Morgan fingerprint density at radius 2 is 1.75 bits per heavy atom. The van der Waals surface area contributed by atoms with E-state index in [9.17, 15) is 5.11 Å². The molecule has 0 radical (unpaired) electrons. The summed E-state index contributed by atoms with van der Waals surface area (Å²) in [4.78, 5) is 0. The molecule has 70 valence electrons. The van der Waals surface area contributed by atoms with Gasteiger partial charge < -0.3 is 5.11 Å². The normalized spacial score (nSPS) is 42.2. The summed E-state index contributed by atoms with van der Waals surface area (Å²) in [5.41, 5.74) is -0.267. The van der Waals surface area contributed by atoms with Crippen LogP contribution < -0.4 is 0 Å². The molecule has 0 saturated carbocycles. The molecule has 1 rings (SSSR count). The number of hydrogen-bond donors (Lipinski definition) is 1. The van der Waals surface area contributed by atoms with Crippen LogP contribution in [0.1, 0.15) is 40.5 Å². The Kier molecular flexibility index (Phi) is 2.35. The van der Waals surface area contributed by atoms with Crippen molar-refractivity contribution in [1.29, 1.82) is 0 Å². The van der Waals surface area contributed by atoms with E-state index in [1.54, 1.807) is 0 Å². The molecular weight excluding hydrogens is 148 g/mol. The Morgan fingerprint density at radius 3 is 2.08 bits per heavy atom. The van der Waals surface area contributed by atoms with Crippen LogP contribution in [-0.2, 0) is 0 Å². The molecule has 0 aromatic heterocycles. The predicted molar refractivity (Wildman–Crippen MR) is 51.9 cm³/mol. The van der Waals surface area contributed by atoms with Gasteiger partial charge in [-0.15, -0.1) is 0 Å². The highest BCUT2D eigenvalue weighted by Crippen LogP contribution is 2.40. The summed E-state index contributed by atoms with van der Waals surface area (Å²) < 4.78 is 0.